The largest absolute Gasteiger partial charge is 0.462 e. The predicted octanol–water partition coefficient (Wildman–Crippen LogP) is 3.18. The van der Waals surface area contributed by atoms with Gasteiger partial charge < -0.3 is 14.5 Å². The normalized spacial score (nSPS) is 15.2. The molecule has 0 spiro atoms. The number of aromatic nitrogens is 1. The SMILES string of the molecule is CCOC(=O)c1c(C)[nH]c(/C=C2\N=C(c3ccc(S(=O)(=O)N(CC)CC)cc3)OC2=O)c1C. The molecule has 3 rings (SSSR count). The van der Waals surface area contributed by atoms with Crippen molar-refractivity contribution in [3.05, 3.63) is 58.0 Å². The fourth-order valence-electron chi connectivity index (χ4n) is 3.58. The molecule has 0 fully saturated rings. The number of carbonyl (C=O) groups is 2. The molecule has 1 aromatic carbocycles. The second-order valence-corrected chi connectivity index (χ2v) is 9.27. The number of esters is 2. The van der Waals surface area contributed by atoms with E-state index in [1.807, 2.05) is 0 Å². The van der Waals surface area contributed by atoms with Crippen molar-refractivity contribution in [1.82, 2.24) is 9.29 Å². The van der Waals surface area contributed by atoms with Gasteiger partial charge in [-0.3, -0.25) is 0 Å². The van der Waals surface area contributed by atoms with E-state index in [1.165, 1.54) is 22.5 Å². The first-order valence-corrected chi connectivity index (χ1v) is 12.1. The maximum atomic E-state index is 12.6. The van der Waals surface area contributed by atoms with Crippen LogP contribution in [0.4, 0.5) is 0 Å². The number of ether oxygens (including phenoxy) is 2. The summed E-state index contributed by atoms with van der Waals surface area (Å²) >= 11 is 0. The van der Waals surface area contributed by atoms with E-state index in [-0.39, 0.29) is 23.1 Å². The highest BCUT2D eigenvalue weighted by Gasteiger charge is 2.27. The van der Waals surface area contributed by atoms with Crippen LogP contribution < -0.4 is 0 Å². The lowest BCUT2D eigenvalue weighted by molar-refractivity contribution is -0.129. The topological polar surface area (TPSA) is 118 Å². The summed E-state index contributed by atoms with van der Waals surface area (Å²) < 4.78 is 37.0. The van der Waals surface area contributed by atoms with Crippen molar-refractivity contribution < 1.29 is 27.5 Å². The Morgan fingerprint density at radius 3 is 2.36 bits per heavy atom. The molecule has 1 N–H and O–H groups in total. The molecule has 0 atom stereocenters. The molecule has 0 radical (unpaired) electrons. The minimum absolute atomic E-state index is 0.0598. The summed E-state index contributed by atoms with van der Waals surface area (Å²) in [6.45, 7) is 9.78. The van der Waals surface area contributed by atoms with Crippen LogP contribution in [0.3, 0.4) is 0 Å². The molecule has 1 aliphatic rings. The Morgan fingerprint density at radius 1 is 1.15 bits per heavy atom. The summed E-state index contributed by atoms with van der Waals surface area (Å²) in [6, 6.07) is 6.03. The smallest absolute Gasteiger partial charge is 0.363 e. The number of rotatable bonds is 8. The third-order valence-electron chi connectivity index (χ3n) is 5.30. The zero-order valence-electron chi connectivity index (χ0n) is 19.3. The van der Waals surface area contributed by atoms with Gasteiger partial charge in [-0.05, 0) is 56.7 Å². The number of sulfonamides is 1. The lowest BCUT2D eigenvalue weighted by atomic mass is 10.1. The number of nitrogens with zero attached hydrogens (tertiary/aromatic N) is 2. The Labute approximate surface area is 193 Å². The van der Waals surface area contributed by atoms with Gasteiger partial charge >= 0.3 is 11.9 Å². The van der Waals surface area contributed by atoms with Crippen LogP contribution in [0, 0.1) is 13.8 Å². The van der Waals surface area contributed by atoms with E-state index >= 15 is 0 Å². The lowest BCUT2D eigenvalue weighted by Gasteiger charge is -2.18. The number of aryl methyl sites for hydroxylation is 1. The van der Waals surface area contributed by atoms with Crippen LogP contribution in [-0.2, 0) is 24.3 Å². The van der Waals surface area contributed by atoms with Crippen LogP contribution in [0.15, 0.2) is 39.9 Å². The molecule has 0 saturated heterocycles. The summed E-state index contributed by atoms with van der Waals surface area (Å²) in [6.07, 6.45) is 1.51. The number of hydrogen-bond donors (Lipinski definition) is 1. The monoisotopic (exact) mass is 473 g/mol. The van der Waals surface area contributed by atoms with Crippen molar-refractivity contribution in [3.8, 4) is 0 Å². The first kappa shape index (κ1) is 24.4. The molecule has 0 aliphatic carbocycles. The van der Waals surface area contributed by atoms with Crippen molar-refractivity contribution in [2.75, 3.05) is 19.7 Å². The van der Waals surface area contributed by atoms with E-state index in [4.69, 9.17) is 9.47 Å². The van der Waals surface area contributed by atoms with Gasteiger partial charge in [0, 0.05) is 30.0 Å². The van der Waals surface area contributed by atoms with Gasteiger partial charge in [-0.1, -0.05) is 13.8 Å². The Kier molecular flexibility index (Phi) is 7.19. The lowest BCUT2D eigenvalue weighted by Crippen LogP contribution is -2.30. The highest BCUT2D eigenvalue weighted by molar-refractivity contribution is 7.89. The minimum atomic E-state index is -3.59. The summed E-state index contributed by atoms with van der Waals surface area (Å²) in [7, 11) is -3.59. The average Bonchev–Trinajstić information content (AvgIpc) is 3.27. The van der Waals surface area contributed by atoms with Crippen LogP contribution >= 0.6 is 0 Å². The quantitative estimate of drug-likeness (QED) is 0.465. The second kappa shape index (κ2) is 9.72. The van der Waals surface area contributed by atoms with Gasteiger partial charge in [0.2, 0.25) is 15.9 Å². The first-order chi connectivity index (χ1) is 15.6. The number of aromatic amines is 1. The minimum Gasteiger partial charge on any atom is -0.462 e. The number of aliphatic imine (C=N–C) groups is 1. The van der Waals surface area contributed by atoms with Crippen LogP contribution in [0.2, 0.25) is 0 Å². The van der Waals surface area contributed by atoms with Gasteiger partial charge in [-0.15, -0.1) is 0 Å². The van der Waals surface area contributed by atoms with Crippen LogP contribution in [0.1, 0.15) is 53.6 Å². The summed E-state index contributed by atoms with van der Waals surface area (Å²) in [4.78, 5) is 32.1. The van der Waals surface area contributed by atoms with Crippen molar-refractivity contribution in [2.24, 2.45) is 4.99 Å². The molecule has 2 aromatic rings. The van der Waals surface area contributed by atoms with Gasteiger partial charge in [0.25, 0.3) is 0 Å². The van der Waals surface area contributed by atoms with Gasteiger partial charge in [0.1, 0.15) is 0 Å². The molecular weight excluding hydrogens is 446 g/mol. The van der Waals surface area contributed by atoms with E-state index < -0.39 is 22.0 Å². The van der Waals surface area contributed by atoms with E-state index in [2.05, 4.69) is 9.98 Å². The van der Waals surface area contributed by atoms with Crippen LogP contribution in [0.25, 0.3) is 6.08 Å². The number of carbonyl (C=O) groups excluding carboxylic acids is 2. The number of benzene rings is 1. The molecule has 0 saturated carbocycles. The molecule has 10 heteroatoms. The molecular formula is C23H27N3O6S. The van der Waals surface area contributed by atoms with Gasteiger partial charge in [-0.25, -0.2) is 23.0 Å². The van der Waals surface area contributed by atoms with Crippen LogP contribution in [-0.4, -0.2) is 55.2 Å². The number of nitrogens with one attached hydrogen (secondary N) is 1. The molecule has 1 aliphatic heterocycles. The number of H-pyrrole nitrogens is 1. The standard InChI is InChI=1S/C23H27N3O6S/c1-6-26(7-2)33(29,30)17-11-9-16(10-12-17)21-25-19(22(27)32-21)13-18-14(4)20(15(5)24-18)23(28)31-8-3/h9-13,24H,6-8H2,1-5H3/b19-13-. The van der Waals surface area contributed by atoms with Crippen molar-refractivity contribution in [3.63, 3.8) is 0 Å². The van der Waals surface area contributed by atoms with Crippen molar-refractivity contribution in [2.45, 2.75) is 39.5 Å². The number of cyclic esters (lactones) is 1. The Hall–Kier alpha value is -3.24. The second-order valence-electron chi connectivity index (χ2n) is 7.33. The average molecular weight is 474 g/mol. The summed E-state index contributed by atoms with van der Waals surface area (Å²) in [5.74, 6) is -1.01. The fraction of sp³-hybridized carbons (Fsp3) is 0.348. The Morgan fingerprint density at radius 2 is 1.79 bits per heavy atom. The van der Waals surface area contributed by atoms with E-state index in [0.717, 1.165) is 0 Å². The molecule has 9 nitrogen and oxygen atoms in total. The highest BCUT2D eigenvalue weighted by atomic mass is 32.2. The van der Waals surface area contributed by atoms with E-state index in [9.17, 15) is 18.0 Å². The zero-order chi connectivity index (χ0) is 24.3. The van der Waals surface area contributed by atoms with Crippen LogP contribution in [0.5, 0.6) is 0 Å². The zero-order valence-corrected chi connectivity index (χ0v) is 20.1. The third kappa shape index (κ3) is 4.76. The maximum Gasteiger partial charge on any atom is 0.363 e. The first-order valence-electron chi connectivity index (χ1n) is 10.6. The van der Waals surface area contributed by atoms with Gasteiger partial charge in [-0.2, -0.15) is 4.31 Å². The predicted molar refractivity (Wildman–Crippen MR) is 123 cm³/mol. The fourth-order valence-corrected chi connectivity index (χ4v) is 5.04. The van der Waals surface area contributed by atoms with Gasteiger partial charge in [0.05, 0.1) is 17.1 Å². The van der Waals surface area contributed by atoms with Crippen molar-refractivity contribution >= 4 is 33.9 Å². The molecule has 2 heterocycles. The Balaban J connectivity index is 1.90. The summed E-state index contributed by atoms with van der Waals surface area (Å²) in [5, 5.41) is 0. The summed E-state index contributed by atoms with van der Waals surface area (Å²) in [5.41, 5.74) is 2.76. The molecule has 1 aromatic heterocycles. The maximum absolute atomic E-state index is 12.6. The highest BCUT2D eigenvalue weighted by Crippen LogP contribution is 2.25. The molecule has 0 amide bonds. The number of hydrogen-bond acceptors (Lipinski definition) is 7. The molecule has 0 unspecified atom stereocenters. The van der Waals surface area contributed by atoms with Crippen molar-refractivity contribution in [1.29, 1.82) is 0 Å². The van der Waals surface area contributed by atoms with Gasteiger partial charge in [0.15, 0.2) is 5.70 Å². The van der Waals surface area contributed by atoms with E-state index in [0.29, 0.717) is 41.2 Å². The molecule has 33 heavy (non-hydrogen) atoms. The third-order valence-corrected chi connectivity index (χ3v) is 7.37. The van der Waals surface area contributed by atoms with E-state index in [1.54, 1.807) is 46.8 Å². The molecule has 176 valence electrons. The molecule has 0 bridgehead atoms. The Bertz CT molecular complexity index is 1240.